The number of carboxylic acids is 2. The summed E-state index contributed by atoms with van der Waals surface area (Å²) in [6, 6.07) is 0. The largest absolute Gasteiger partial charge is 2.00 e. The van der Waals surface area contributed by atoms with E-state index < -0.39 is 17.4 Å². The molecular formula is C12H24CaO4. The molecule has 0 rings (SSSR count). The van der Waals surface area contributed by atoms with Crippen molar-refractivity contribution in [3.8, 4) is 0 Å². The molecule has 0 saturated carbocycles. The zero-order valence-corrected chi connectivity index (χ0v) is 13.1. The summed E-state index contributed by atoms with van der Waals surface area (Å²) in [5.41, 5.74) is -1.57. The van der Waals surface area contributed by atoms with E-state index in [4.69, 9.17) is 10.2 Å². The molecule has 4 nitrogen and oxygen atoms in total. The van der Waals surface area contributed by atoms with Gasteiger partial charge in [-0.15, -0.1) is 0 Å². The van der Waals surface area contributed by atoms with Gasteiger partial charge < -0.3 is 13.1 Å². The quantitative estimate of drug-likeness (QED) is 0.384. The zero-order chi connectivity index (χ0) is 12.6. The van der Waals surface area contributed by atoms with Crippen molar-refractivity contribution in [2.75, 3.05) is 0 Å². The number of hydrogen-bond acceptors (Lipinski definition) is 2. The Bertz CT molecular complexity index is 236. The molecule has 0 aliphatic carbocycles. The van der Waals surface area contributed by atoms with E-state index in [2.05, 4.69) is 6.92 Å². The van der Waals surface area contributed by atoms with E-state index in [0.717, 1.165) is 19.3 Å². The van der Waals surface area contributed by atoms with E-state index in [1.165, 1.54) is 0 Å². The summed E-state index contributed by atoms with van der Waals surface area (Å²) in [7, 11) is 0. The molecule has 5 heteroatoms. The van der Waals surface area contributed by atoms with Gasteiger partial charge in [-0.3, -0.25) is 9.59 Å². The summed E-state index contributed by atoms with van der Waals surface area (Å²) in [6.07, 6.45) is 4.69. The minimum Gasteiger partial charge on any atom is -1.00 e. The molecule has 0 spiro atoms. The molecule has 0 radical (unpaired) electrons. The molecule has 0 saturated heterocycles. The number of carbonyl (C=O) groups is 2. The molecule has 0 unspecified atom stereocenters. The van der Waals surface area contributed by atoms with E-state index >= 15 is 0 Å². The minimum absolute atomic E-state index is 0. The van der Waals surface area contributed by atoms with Crippen LogP contribution >= 0.6 is 0 Å². The Morgan fingerprint density at radius 2 is 1.47 bits per heavy atom. The van der Waals surface area contributed by atoms with Crippen molar-refractivity contribution in [3.63, 3.8) is 0 Å². The first-order valence-electron chi connectivity index (χ1n) is 5.98. The predicted molar refractivity (Wildman–Crippen MR) is 69.3 cm³/mol. The first-order valence-corrected chi connectivity index (χ1v) is 5.98. The van der Waals surface area contributed by atoms with Crippen LogP contribution in [0.1, 0.15) is 61.6 Å². The van der Waals surface area contributed by atoms with Crippen LogP contribution in [0.3, 0.4) is 0 Å². The zero-order valence-electron chi connectivity index (χ0n) is 12.9. The van der Waals surface area contributed by atoms with Gasteiger partial charge in [-0.2, -0.15) is 0 Å². The smallest absolute Gasteiger partial charge is 1.00 e. The predicted octanol–water partition coefficient (Wildman–Crippen LogP) is 2.76. The van der Waals surface area contributed by atoms with Crippen molar-refractivity contribution in [2.45, 2.75) is 58.8 Å². The third kappa shape index (κ3) is 6.07. The van der Waals surface area contributed by atoms with Gasteiger partial charge in [0, 0.05) is 0 Å². The molecule has 0 aromatic carbocycles. The minimum atomic E-state index is -1.57. The average Bonchev–Trinajstić information content (AvgIpc) is 2.21. The maximum absolute atomic E-state index is 11.1. The van der Waals surface area contributed by atoms with Gasteiger partial charge in [0.25, 0.3) is 0 Å². The summed E-state index contributed by atoms with van der Waals surface area (Å²) in [6.45, 7) is 3.88. The van der Waals surface area contributed by atoms with Crippen LogP contribution in [0.25, 0.3) is 0 Å². The molecule has 0 aliphatic rings. The number of rotatable bonds is 9. The second kappa shape index (κ2) is 10.2. The SMILES string of the molecule is CCCCCCC(CCC)(C(=O)O)C(=O)O.[Ca+2].[H-].[H-]. The molecule has 0 atom stereocenters. The summed E-state index contributed by atoms with van der Waals surface area (Å²) in [4.78, 5) is 22.3. The van der Waals surface area contributed by atoms with Gasteiger partial charge in [0.05, 0.1) is 0 Å². The number of unbranched alkanes of at least 4 members (excludes halogenated alkanes) is 3. The molecule has 0 aromatic heterocycles. The molecule has 0 aliphatic heterocycles. The Labute approximate surface area is 136 Å². The molecule has 0 heterocycles. The second-order valence-electron chi connectivity index (χ2n) is 4.25. The standard InChI is InChI=1S/C12H22O4.Ca.2H/c1-3-5-6-7-9-12(8-4-2,10(13)14)11(15)16;;;/h3-9H2,1-2H3,(H,13,14)(H,15,16);;;/q;+2;2*-1. The Morgan fingerprint density at radius 1 is 0.941 bits per heavy atom. The number of aliphatic carboxylic acids is 2. The van der Waals surface area contributed by atoms with Crippen LogP contribution in [0.15, 0.2) is 0 Å². The van der Waals surface area contributed by atoms with Crippen molar-refractivity contribution in [3.05, 3.63) is 0 Å². The Balaban J connectivity index is -0.000000375. The van der Waals surface area contributed by atoms with Gasteiger partial charge in [-0.25, -0.2) is 0 Å². The summed E-state index contributed by atoms with van der Waals surface area (Å²) in [5.74, 6) is -2.39. The van der Waals surface area contributed by atoms with Crippen LogP contribution in [-0.2, 0) is 9.59 Å². The fourth-order valence-electron chi connectivity index (χ4n) is 1.92. The normalized spacial score (nSPS) is 10.7. The fraction of sp³-hybridized carbons (Fsp3) is 0.833. The Hall–Kier alpha value is 0.200. The fourth-order valence-corrected chi connectivity index (χ4v) is 1.92. The summed E-state index contributed by atoms with van der Waals surface area (Å²) in [5, 5.41) is 18.2. The van der Waals surface area contributed by atoms with Crippen molar-refractivity contribution < 1.29 is 22.7 Å². The third-order valence-electron chi connectivity index (χ3n) is 2.95. The van der Waals surface area contributed by atoms with Gasteiger partial charge in [0.1, 0.15) is 0 Å². The van der Waals surface area contributed by atoms with Gasteiger partial charge in [0.2, 0.25) is 0 Å². The van der Waals surface area contributed by atoms with E-state index in [-0.39, 0.29) is 53.4 Å². The molecule has 2 N–H and O–H groups in total. The molecule has 0 fully saturated rings. The first-order chi connectivity index (χ1) is 7.51. The van der Waals surface area contributed by atoms with Crippen LogP contribution in [0, 0.1) is 5.41 Å². The average molecular weight is 272 g/mol. The Morgan fingerprint density at radius 3 is 1.82 bits per heavy atom. The number of hydrogen-bond donors (Lipinski definition) is 2. The molecule has 0 bridgehead atoms. The van der Waals surface area contributed by atoms with E-state index in [9.17, 15) is 9.59 Å². The molecule has 98 valence electrons. The van der Waals surface area contributed by atoms with Crippen molar-refractivity contribution in [1.82, 2.24) is 0 Å². The third-order valence-corrected chi connectivity index (χ3v) is 2.95. The maximum atomic E-state index is 11.1. The second-order valence-corrected chi connectivity index (χ2v) is 4.25. The van der Waals surface area contributed by atoms with E-state index in [1.54, 1.807) is 0 Å². The van der Waals surface area contributed by atoms with Crippen molar-refractivity contribution in [1.29, 1.82) is 0 Å². The molecule has 0 amide bonds. The van der Waals surface area contributed by atoms with E-state index in [0.29, 0.717) is 12.8 Å². The van der Waals surface area contributed by atoms with Crippen LogP contribution < -0.4 is 0 Å². The topological polar surface area (TPSA) is 74.6 Å². The van der Waals surface area contributed by atoms with Gasteiger partial charge in [-0.1, -0.05) is 46.0 Å². The monoisotopic (exact) mass is 272 g/mol. The molecular weight excluding hydrogens is 248 g/mol. The Kier molecular flexibility index (Phi) is 11.7. The van der Waals surface area contributed by atoms with Crippen LogP contribution in [0.2, 0.25) is 0 Å². The summed E-state index contributed by atoms with van der Waals surface area (Å²) < 4.78 is 0. The van der Waals surface area contributed by atoms with Gasteiger partial charge in [-0.05, 0) is 12.8 Å². The summed E-state index contributed by atoms with van der Waals surface area (Å²) >= 11 is 0. The first kappa shape index (κ1) is 19.5. The number of carboxylic acid groups (broad SMARTS) is 2. The van der Waals surface area contributed by atoms with Crippen LogP contribution in [0.5, 0.6) is 0 Å². The van der Waals surface area contributed by atoms with Gasteiger partial charge in [0.15, 0.2) is 5.41 Å². The van der Waals surface area contributed by atoms with Crippen molar-refractivity contribution in [2.24, 2.45) is 5.41 Å². The molecule has 17 heavy (non-hydrogen) atoms. The van der Waals surface area contributed by atoms with Crippen LogP contribution in [-0.4, -0.2) is 59.9 Å². The van der Waals surface area contributed by atoms with E-state index in [1.807, 2.05) is 6.92 Å². The van der Waals surface area contributed by atoms with Crippen LogP contribution in [0.4, 0.5) is 0 Å². The molecule has 0 aromatic rings. The van der Waals surface area contributed by atoms with Crippen molar-refractivity contribution >= 4 is 49.7 Å². The van der Waals surface area contributed by atoms with Gasteiger partial charge >= 0.3 is 49.7 Å². The maximum Gasteiger partial charge on any atom is 2.00 e.